The third kappa shape index (κ3) is 5.01. The van der Waals surface area contributed by atoms with Crippen molar-refractivity contribution in [2.75, 3.05) is 32.1 Å². The van der Waals surface area contributed by atoms with Gasteiger partial charge >= 0.3 is 0 Å². The van der Waals surface area contributed by atoms with Gasteiger partial charge in [0.25, 0.3) is 0 Å². The smallest absolute Gasteiger partial charge is 0.240 e. The highest BCUT2D eigenvalue weighted by atomic mass is 32.2. The van der Waals surface area contributed by atoms with E-state index in [-0.39, 0.29) is 17.5 Å². The van der Waals surface area contributed by atoms with E-state index >= 15 is 0 Å². The summed E-state index contributed by atoms with van der Waals surface area (Å²) in [6.45, 7) is 1.83. The number of benzene rings is 3. The van der Waals surface area contributed by atoms with Crippen molar-refractivity contribution in [3.8, 4) is 0 Å². The van der Waals surface area contributed by atoms with Gasteiger partial charge in [0.15, 0.2) is 0 Å². The number of hydrogen-bond acceptors (Lipinski definition) is 4. The van der Waals surface area contributed by atoms with Gasteiger partial charge in [-0.05, 0) is 59.5 Å². The van der Waals surface area contributed by atoms with E-state index < -0.39 is 15.8 Å². The number of anilines is 1. The largest absolute Gasteiger partial charge is 0.378 e. The zero-order valence-corrected chi connectivity index (χ0v) is 19.1. The molecular formula is C25H28FN3O2S. The molecule has 3 aromatic rings. The minimum Gasteiger partial charge on any atom is -0.378 e. The fourth-order valence-corrected chi connectivity index (χ4v) is 5.16. The Morgan fingerprint density at radius 1 is 0.969 bits per heavy atom. The van der Waals surface area contributed by atoms with Gasteiger partial charge in [0.2, 0.25) is 10.0 Å². The first-order valence-corrected chi connectivity index (χ1v) is 12.2. The van der Waals surface area contributed by atoms with Gasteiger partial charge in [0, 0.05) is 45.5 Å². The van der Waals surface area contributed by atoms with Crippen molar-refractivity contribution in [1.29, 1.82) is 0 Å². The third-order valence-corrected chi connectivity index (χ3v) is 7.43. The van der Waals surface area contributed by atoms with Crippen LogP contribution in [0.25, 0.3) is 0 Å². The van der Waals surface area contributed by atoms with Crippen molar-refractivity contribution in [2.45, 2.75) is 23.9 Å². The Labute approximate surface area is 189 Å². The third-order valence-electron chi connectivity index (χ3n) is 5.99. The van der Waals surface area contributed by atoms with Crippen LogP contribution in [0, 0.1) is 5.82 Å². The van der Waals surface area contributed by atoms with Gasteiger partial charge in [-0.15, -0.1) is 0 Å². The van der Waals surface area contributed by atoms with E-state index in [4.69, 9.17) is 0 Å². The molecule has 0 saturated heterocycles. The van der Waals surface area contributed by atoms with Crippen molar-refractivity contribution < 1.29 is 12.8 Å². The number of nitrogens with one attached hydrogen (secondary N) is 1. The van der Waals surface area contributed by atoms with Gasteiger partial charge < -0.3 is 4.90 Å². The van der Waals surface area contributed by atoms with Crippen molar-refractivity contribution in [1.82, 2.24) is 9.62 Å². The van der Waals surface area contributed by atoms with Crippen LogP contribution >= 0.6 is 0 Å². The second-order valence-corrected chi connectivity index (χ2v) is 10.1. The summed E-state index contributed by atoms with van der Waals surface area (Å²) in [7, 11) is 0.229. The molecule has 0 unspecified atom stereocenters. The van der Waals surface area contributed by atoms with Crippen LogP contribution in [-0.2, 0) is 23.0 Å². The molecule has 4 rings (SSSR count). The Morgan fingerprint density at radius 3 is 2.28 bits per heavy atom. The second-order valence-electron chi connectivity index (χ2n) is 8.30. The zero-order chi connectivity index (χ0) is 22.7. The number of sulfonamides is 1. The maximum Gasteiger partial charge on any atom is 0.240 e. The summed E-state index contributed by atoms with van der Waals surface area (Å²) in [5.41, 5.74) is 4.76. The maximum absolute atomic E-state index is 13.2. The molecule has 1 atom stereocenters. The molecule has 1 aliphatic rings. The molecule has 0 bridgehead atoms. The molecule has 1 N–H and O–H groups in total. The molecule has 0 amide bonds. The lowest BCUT2D eigenvalue weighted by Gasteiger charge is -2.36. The molecule has 1 heterocycles. The standard InChI is InChI=1S/C25H28FN3O2S/c1-28(2)23-11-7-20(8-12-23)25(29-16-15-19-5-3-4-6-21(19)18-29)17-27-32(30,31)24-13-9-22(26)10-14-24/h3-14,25,27H,15-18H2,1-2H3/t25-/m0/s1. The molecule has 3 aromatic carbocycles. The lowest BCUT2D eigenvalue weighted by molar-refractivity contribution is 0.180. The summed E-state index contributed by atoms with van der Waals surface area (Å²) >= 11 is 0. The highest BCUT2D eigenvalue weighted by Crippen LogP contribution is 2.29. The summed E-state index contributed by atoms with van der Waals surface area (Å²) < 4.78 is 41.7. The molecule has 0 aliphatic carbocycles. The Bertz CT molecular complexity index is 1160. The molecule has 7 heteroatoms. The average Bonchev–Trinajstić information content (AvgIpc) is 2.79. The van der Waals surface area contributed by atoms with Crippen molar-refractivity contribution in [3.05, 3.63) is 95.3 Å². The average molecular weight is 454 g/mol. The number of halogens is 1. The highest BCUT2D eigenvalue weighted by molar-refractivity contribution is 7.89. The fraction of sp³-hybridized carbons (Fsp3) is 0.280. The number of nitrogens with zero attached hydrogens (tertiary/aromatic N) is 2. The Kier molecular flexibility index (Phi) is 6.60. The topological polar surface area (TPSA) is 52.7 Å². The molecule has 32 heavy (non-hydrogen) atoms. The van der Waals surface area contributed by atoms with Gasteiger partial charge in [-0.2, -0.15) is 0 Å². The van der Waals surface area contributed by atoms with Gasteiger partial charge in [-0.25, -0.2) is 17.5 Å². The van der Waals surface area contributed by atoms with Crippen LogP contribution < -0.4 is 9.62 Å². The SMILES string of the molecule is CN(C)c1ccc([C@H](CNS(=O)(=O)c2ccc(F)cc2)N2CCc3ccccc3C2)cc1. The summed E-state index contributed by atoms with van der Waals surface area (Å²) in [6, 6.07) is 21.4. The van der Waals surface area contributed by atoms with Crippen LogP contribution in [0.1, 0.15) is 22.7 Å². The van der Waals surface area contributed by atoms with Gasteiger partial charge in [0.05, 0.1) is 4.90 Å². The molecule has 0 fully saturated rings. The second kappa shape index (κ2) is 9.40. The fourth-order valence-electron chi connectivity index (χ4n) is 4.12. The van der Waals surface area contributed by atoms with Crippen LogP contribution in [-0.4, -0.2) is 40.5 Å². The van der Waals surface area contributed by atoms with E-state index in [1.54, 1.807) is 0 Å². The van der Waals surface area contributed by atoms with Crippen LogP contribution in [0.4, 0.5) is 10.1 Å². The van der Waals surface area contributed by atoms with E-state index in [2.05, 4.69) is 52.1 Å². The summed E-state index contributed by atoms with van der Waals surface area (Å²) in [5, 5.41) is 0. The van der Waals surface area contributed by atoms with Gasteiger partial charge in [-0.1, -0.05) is 36.4 Å². The monoisotopic (exact) mass is 453 g/mol. The lowest BCUT2D eigenvalue weighted by Crippen LogP contribution is -2.40. The number of rotatable bonds is 7. The predicted molar refractivity (Wildman–Crippen MR) is 126 cm³/mol. The van der Waals surface area contributed by atoms with Crippen molar-refractivity contribution in [2.24, 2.45) is 0 Å². The molecule has 0 spiro atoms. The van der Waals surface area contributed by atoms with E-state index in [1.807, 2.05) is 25.1 Å². The lowest BCUT2D eigenvalue weighted by atomic mass is 9.96. The van der Waals surface area contributed by atoms with E-state index in [0.29, 0.717) is 0 Å². The predicted octanol–water partition coefficient (Wildman–Crippen LogP) is 3.97. The molecule has 0 radical (unpaired) electrons. The Morgan fingerprint density at radius 2 is 1.62 bits per heavy atom. The first kappa shape index (κ1) is 22.5. The zero-order valence-electron chi connectivity index (χ0n) is 18.3. The van der Waals surface area contributed by atoms with Gasteiger partial charge in [-0.3, -0.25) is 4.90 Å². The summed E-state index contributed by atoms with van der Waals surface area (Å²) in [4.78, 5) is 4.41. The molecule has 1 aliphatic heterocycles. The van der Waals surface area contributed by atoms with Crippen LogP contribution in [0.3, 0.4) is 0 Å². The summed E-state index contributed by atoms with van der Waals surface area (Å²) in [5.74, 6) is -0.463. The Balaban J connectivity index is 1.59. The molecule has 0 aromatic heterocycles. The van der Waals surface area contributed by atoms with Gasteiger partial charge in [0.1, 0.15) is 5.82 Å². The summed E-state index contributed by atoms with van der Waals surface area (Å²) in [6.07, 6.45) is 0.924. The Hall–Kier alpha value is -2.74. The van der Waals surface area contributed by atoms with Crippen LogP contribution in [0.15, 0.2) is 77.7 Å². The van der Waals surface area contributed by atoms with Crippen molar-refractivity contribution >= 4 is 15.7 Å². The van der Waals surface area contributed by atoms with E-state index in [1.165, 1.54) is 23.3 Å². The first-order valence-electron chi connectivity index (χ1n) is 10.7. The first-order chi connectivity index (χ1) is 15.3. The van der Waals surface area contributed by atoms with Crippen molar-refractivity contribution in [3.63, 3.8) is 0 Å². The number of fused-ring (bicyclic) bond motifs is 1. The maximum atomic E-state index is 13.2. The molecule has 0 saturated carbocycles. The molecule has 168 valence electrons. The quantitative estimate of drug-likeness (QED) is 0.588. The minimum absolute atomic E-state index is 0.0598. The number of hydrogen-bond donors (Lipinski definition) is 1. The van der Waals surface area contributed by atoms with Crippen LogP contribution in [0.5, 0.6) is 0 Å². The highest BCUT2D eigenvalue weighted by Gasteiger charge is 2.26. The van der Waals surface area contributed by atoms with E-state index in [0.717, 1.165) is 42.9 Å². The minimum atomic E-state index is -3.75. The molecular weight excluding hydrogens is 425 g/mol. The molecule has 5 nitrogen and oxygen atoms in total. The normalized spacial score (nSPS) is 15.2. The van der Waals surface area contributed by atoms with E-state index in [9.17, 15) is 12.8 Å². The van der Waals surface area contributed by atoms with Crippen LogP contribution in [0.2, 0.25) is 0 Å².